The van der Waals surface area contributed by atoms with Gasteiger partial charge in [0.05, 0.1) is 18.3 Å². The molecule has 0 aromatic heterocycles. The van der Waals surface area contributed by atoms with Crippen molar-refractivity contribution in [3.63, 3.8) is 0 Å². The third kappa shape index (κ3) is 3.48. The minimum absolute atomic E-state index is 0.101. The van der Waals surface area contributed by atoms with Crippen molar-refractivity contribution >= 4 is 13.1 Å². The number of carbonyl (C=O) groups excluding carboxylic acids is 1. The van der Waals surface area contributed by atoms with Crippen molar-refractivity contribution in [2.75, 3.05) is 7.11 Å². The fourth-order valence-electron chi connectivity index (χ4n) is 3.16. The Kier molecular flexibility index (Phi) is 4.74. The number of methoxy groups -OCH3 is 1. The Bertz CT molecular complexity index is 783. The molecule has 3 rings (SSSR count). The van der Waals surface area contributed by atoms with Gasteiger partial charge in [-0.15, -0.1) is 0 Å². The highest BCUT2D eigenvalue weighted by atomic mass is 16.7. The van der Waals surface area contributed by atoms with E-state index in [1.54, 1.807) is 26.0 Å². The van der Waals surface area contributed by atoms with Crippen LogP contribution in [0, 0.1) is 0 Å². The van der Waals surface area contributed by atoms with E-state index < -0.39 is 35.8 Å². The quantitative estimate of drug-likeness (QED) is 0.453. The molecule has 0 radical (unpaired) electrons. The molecule has 9 heteroatoms. The Morgan fingerprint density at radius 1 is 1.04 bits per heavy atom. The number of fused-ring (bicyclic) bond motifs is 1. The monoisotopic (exact) mass is 394 g/mol. The molecule has 1 aromatic rings. The molecule has 1 fully saturated rings. The van der Waals surface area contributed by atoms with E-state index in [4.69, 9.17) is 23.5 Å². The Morgan fingerprint density at radius 2 is 1.61 bits per heavy atom. The number of aliphatic hydroxyl groups is 2. The summed E-state index contributed by atoms with van der Waals surface area (Å²) in [5, 5.41) is 21.5. The summed E-state index contributed by atoms with van der Waals surface area (Å²) in [5.74, 6) is -1.36. The summed E-state index contributed by atoms with van der Waals surface area (Å²) in [7, 11) is 0.147. The SMILES string of the molecule is COc1ccc(CC(O)(O)B2OC(C)(C)C(C)(C)O2)c2c1C(=O)OC(C)(C)O2. The lowest BCUT2D eigenvalue weighted by molar-refractivity contribution is -0.132. The zero-order valence-corrected chi connectivity index (χ0v) is 17.3. The summed E-state index contributed by atoms with van der Waals surface area (Å²) in [6, 6.07) is 3.16. The van der Waals surface area contributed by atoms with Crippen LogP contribution in [-0.4, -0.2) is 53.1 Å². The van der Waals surface area contributed by atoms with Crippen molar-refractivity contribution in [1.29, 1.82) is 0 Å². The summed E-state index contributed by atoms with van der Waals surface area (Å²) >= 11 is 0. The highest BCUT2D eigenvalue weighted by Crippen LogP contribution is 2.43. The van der Waals surface area contributed by atoms with Gasteiger partial charge in [-0.2, -0.15) is 0 Å². The van der Waals surface area contributed by atoms with E-state index in [0.717, 1.165) is 0 Å². The summed E-state index contributed by atoms with van der Waals surface area (Å²) in [6.45, 7) is 10.5. The molecule has 2 N–H and O–H groups in total. The molecule has 8 nitrogen and oxygen atoms in total. The standard InChI is InChI=1S/C19H27BO8/c1-16(2)17(3,4)28-20(27-16)19(22,23)10-11-8-9-12(24-7)13-14(11)25-18(5,6)26-15(13)21/h8-9,22-23H,10H2,1-7H3. The normalized spacial score (nSPS) is 22.3. The van der Waals surface area contributed by atoms with E-state index in [1.807, 2.05) is 27.7 Å². The summed E-state index contributed by atoms with van der Waals surface area (Å²) < 4.78 is 27.9. The predicted octanol–water partition coefficient (Wildman–Crippen LogP) is 1.84. The van der Waals surface area contributed by atoms with Gasteiger partial charge in [-0.05, 0) is 33.8 Å². The molecule has 0 atom stereocenters. The first kappa shape index (κ1) is 20.9. The molecule has 2 aliphatic heterocycles. The van der Waals surface area contributed by atoms with Gasteiger partial charge >= 0.3 is 13.1 Å². The maximum atomic E-state index is 12.5. The Hall–Kier alpha value is -1.81. The fourth-order valence-corrected chi connectivity index (χ4v) is 3.16. The van der Waals surface area contributed by atoms with Crippen molar-refractivity contribution in [3.8, 4) is 11.5 Å². The maximum Gasteiger partial charge on any atom is 0.521 e. The molecule has 0 saturated carbocycles. The van der Waals surface area contributed by atoms with Crippen molar-refractivity contribution < 1.29 is 38.5 Å². The number of benzene rings is 1. The lowest BCUT2D eigenvalue weighted by Gasteiger charge is -2.34. The van der Waals surface area contributed by atoms with Crippen LogP contribution in [-0.2, 0) is 20.5 Å². The number of esters is 1. The molecule has 2 heterocycles. The van der Waals surface area contributed by atoms with Crippen LogP contribution in [0.2, 0.25) is 0 Å². The number of hydrogen-bond donors (Lipinski definition) is 2. The number of ether oxygens (including phenoxy) is 3. The largest absolute Gasteiger partial charge is 0.521 e. The topological polar surface area (TPSA) is 104 Å². The molecule has 0 spiro atoms. The summed E-state index contributed by atoms with van der Waals surface area (Å²) in [4.78, 5) is 12.5. The number of hydrogen-bond acceptors (Lipinski definition) is 8. The Labute approximate surface area is 164 Å². The molecular weight excluding hydrogens is 367 g/mol. The third-order valence-corrected chi connectivity index (χ3v) is 5.39. The highest BCUT2D eigenvalue weighted by Gasteiger charge is 2.59. The van der Waals surface area contributed by atoms with E-state index >= 15 is 0 Å². The number of cyclic esters (lactones) is 1. The van der Waals surface area contributed by atoms with Gasteiger partial charge in [0.1, 0.15) is 17.1 Å². The van der Waals surface area contributed by atoms with Crippen LogP contribution in [0.1, 0.15) is 57.5 Å². The molecule has 0 bridgehead atoms. The van der Waals surface area contributed by atoms with Gasteiger partial charge in [-0.25, -0.2) is 4.79 Å². The summed E-state index contributed by atoms with van der Waals surface area (Å²) in [5.41, 5.74) is -3.32. The van der Waals surface area contributed by atoms with Crippen molar-refractivity contribution in [2.45, 2.75) is 70.6 Å². The van der Waals surface area contributed by atoms with Crippen LogP contribution in [0.15, 0.2) is 12.1 Å². The molecule has 2 aliphatic rings. The fraction of sp³-hybridized carbons (Fsp3) is 0.632. The van der Waals surface area contributed by atoms with Crippen molar-refractivity contribution in [2.24, 2.45) is 0 Å². The van der Waals surface area contributed by atoms with E-state index in [2.05, 4.69) is 0 Å². The average Bonchev–Trinajstić information content (AvgIpc) is 2.75. The first-order chi connectivity index (χ1) is 12.7. The van der Waals surface area contributed by atoms with Gasteiger partial charge in [0.25, 0.3) is 0 Å². The van der Waals surface area contributed by atoms with Crippen LogP contribution >= 0.6 is 0 Å². The molecule has 0 aliphatic carbocycles. The third-order valence-electron chi connectivity index (χ3n) is 5.39. The van der Waals surface area contributed by atoms with Crippen LogP contribution in [0.5, 0.6) is 11.5 Å². The zero-order chi connectivity index (χ0) is 21.1. The Balaban J connectivity index is 1.97. The van der Waals surface area contributed by atoms with Gasteiger partial charge in [-0.1, -0.05) is 6.07 Å². The minimum Gasteiger partial charge on any atom is -0.496 e. The smallest absolute Gasteiger partial charge is 0.496 e. The minimum atomic E-state index is -2.36. The Morgan fingerprint density at radius 3 is 2.14 bits per heavy atom. The maximum absolute atomic E-state index is 12.5. The lowest BCUT2D eigenvalue weighted by atomic mass is 9.73. The first-order valence-corrected chi connectivity index (χ1v) is 9.12. The molecule has 28 heavy (non-hydrogen) atoms. The predicted molar refractivity (Wildman–Crippen MR) is 100 cm³/mol. The van der Waals surface area contributed by atoms with E-state index in [9.17, 15) is 15.0 Å². The van der Waals surface area contributed by atoms with Gasteiger partial charge in [0.15, 0.2) is 0 Å². The van der Waals surface area contributed by atoms with E-state index in [1.165, 1.54) is 7.11 Å². The van der Waals surface area contributed by atoms with E-state index in [-0.39, 0.29) is 23.5 Å². The number of rotatable bonds is 4. The van der Waals surface area contributed by atoms with Crippen LogP contribution in [0.25, 0.3) is 0 Å². The second kappa shape index (κ2) is 6.35. The van der Waals surface area contributed by atoms with Crippen molar-refractivity contribution in [3.05, 3.63) is 23.3 Å². The molecule has 1 aromatic carbocycles. The number of carbonyl (C=O) groups is 1. The van der Waals surface area contributed by atoms with Crippen molar-refractivity contribution in [1.82, 2.24) is 0 Å². The molecule has 0 unspecified atom stereocenters. The average molecular weight is 394 g/mol. The van der Waals surface area contributed by atoms with Crippen LogP contribution < -0.4 is 9.47 Å². The van der Waals surface area contributed by atoms with E-state index in [0.29, 0.717) is 5.56 Å². The lowest BCUT2D eigenvalue weighted by Crippen LogP contribution is -2.50. The molecule has 154 valence electrons. The first-order valence-electron chi connectivity index (χ1n) is 9.12. The molecular formula is C19H27BO8. The van der Waals surface area contributed by atoms with Gasteiger partial charge < -0.3 is 33.7 Å². The zero-order valence-electron chi connectivity index (χ0n) is 17.3. The molecule has 1 saturated heterocycles. The highest BCUT2D eigenvalue weighted by molar-refractivity contribution is 6.48. The van der Waals surface area contributed by atoms with Crippen LogP contribution in [0.3, 0.4) is 0 Å². The van der Waals surface area contributed by atoms with Gasteiger partial charge in [0, 0.05) is 25.8 Å². The van der Waals surface area contributed by atoms with Gasteiger partial charge in [-0.3, -0.25) is 0 Å². The second-order valence-electron chi connectivity index (χ2n) is 8.67. The van der Waals surface area contributed by atoms with Gasteiger partial charge in [0.2, 0.25) is 11.5 Å². The summed E-state index contributed by atoms with van der Waals surface area (Å²) in [6.07, 6.45) is -0.292. The second-order valence-corrected chi connectivity index (χ2v) is 8.67. The molecule has 0 amide bonds. The van der Waals surface area contributed by atoms with Crippen LogP contribution in [0.4, 0.5) is 0 Å².